The van der Waals surface area contributed by atoms with Crippen molar-refractivity contribution in [1.29, 1.82) is 0 Å². The van der Waals surface area contributed by atoms with Crippen LogP contribution >= 0.6 is 0 Å². The van der Waals surface area contributed by atoms with Crippen molar-refractivity contribution < 1.29 is 0 Å². The summed E-state index contributed by atoms with van der Waals surface area (Å²) >= 11 is 0. The lowest BCUT2D eigenvalue weighted by Gasteiger charge is -2.19. The van der Waals surface area contributed by atoms with Crippen LogP contribution in [0.4, 0.5) is 0 Å². The largest absolute Gasteiger partial charge is 0.256 e. The van der Waals surface area contributed by atoms with Crippen molar-refractivity contribution in [2.75, 3.05) is 0 Å². The molecular weight excluding hydrogens is 701 g/mol. The average Bonchev–Trinajstić information content (AvgIpc) is 3.77. The molecule has 10 aromatic carbocycles. The molecule has 0 N–H and O–H groups in total. The Hall–Kier alpha value is -7.16. The second-order valence-electron chi connectivity index (χ2n) is 16.9. The van der Waals surface area contributed by atoms with Crippen LogP contribution in [0.15, 0.2) is 176 Å². The van der Waals surface area contributed by atoms with E-state index in [1.54, 1.807) is 0 Å². The summed E-state index contributed by atoms with van der Waals surface area (Å²) in [5, 5.41) is 18.0. The van der Waals surface area contributed by atoms with Crippen molar-refractivity contribution in [3.63, 3.8) is 0 Å². The zero-order chi connectivity index (χ0) is 38.7. The van der Waals surface area contributed by atoms with Crippen LogP contribution in [0.1, 0.15) is 26.3 Å². The Morgan fingerprint density at radius 3 is 1.52 bits per heavy atom. The molecule has 2 heterocycles. The van der Waals surface area contributed by atoms with Gasteiger partial charge in [0.25, 0.3) is 0 Å². The maximum absolute atomic E-state index is 4.88. The molecule has 2 nitrogen and oxygen atoms in total. The van der Waals surface area contributed by atoms with Gasteiger partial charge in [0.2, 0.25) is 0 Å². The summed E-state index contributed by atoms with van der Waals surface area (Å²) < 4.78 is 0. The van der Waals surface area contributed by atoms with Gasteiger partial charge in [0.15, 0.2) is 0 Å². The number of benzene rings is 8. The first-order valence-corrected chi connectivity index (χ1v) is 20.2. The smallest absolute Gasteiger partial charge is 0.0702 e. The molecule has 2 heteroatoms. The fourth-order valence-corrected chi connectivity index (χ4v) is 9.98. The molecule has 0 bridgehead atoms. The van der Waals surface area contributed by atoms with Crippen molar-refractivity contribution in [2.45, 2.75) is 26.2 Å². The zero-order valence-electron chi connectivity index (χ0n) is 32.6. The van der Waals surface area contributed by atoms with Gasteiger partial charge in [0.05, 0.1) is 11.4 Å². The number of fused-ring (bicyclic) bond motifs is 8. The van der Waals surface area contributed by atoms with Crippen LogP contribution in [0, 0.1) is 0 Å². The summed E-state index contributed by atoms with van der Waals surface area (Å²) in [6.45, 7) is 6.92. The Kier molecular flexibility index (Phi) is 6.93. The van der Waals surface area contributed by atoms with Gasteiger partial charge in [-0.1, -0.05) is 124 Å². The minimum Gasteiger partial charge on any atom is -0.256 e. The number of pyridine rings is 2. The Balaban J connectivity index is 1.38. The molecule has 2 aromatic heterocycles. The SMILES string of the molecule is CC(C)(C)c1ccc2c(c1)c1cccc3c4c(-c5ccccc5)c5c6cc(-c7ccccn7)cc7cc(-c8ccccn8)cc(c5c(-c5ccccc5)c4cc2c13)c76. The lowest BCUT2D eigenvalue weighted by atomic mass is 9.83. The van der Waals surface area contributed by atoms with Crippen molar-refractivity contribution in [2.24, 2.45) is 0 Å². The zero-order valence-corrected chi connectivity index (χ0v) is 32.6. The fourth-order valence-electron chi connectivity index (χ4n) is 9.98. The molecule has 272 valence electrons. The van der Waals surface area contributed by atoms with E-state index >= 15 is 0 Å². The highest BCUT2D eigenvalue weighted by Gasteiger charge is 2.28. The molecule has 12 rings (SSSR count). The van der Waals surface area contributed by atoms with Crippen LogP contribution in [0.2, 0.25) is 0 Å². The number of hydrogen-bond acceptors (Lipinski definition) is 2. The van der Waals surface area contributed by atoms with Gasteiger partial charge in [-0.2, -0.15) is 0 Å². The second-order valence-corrected chi connectivity index (χ2v) is 16.9. The topological polar surface area (TPSA) is 25.8 Å². The fraction of sp³-hybridized carbons (Fsp3) is 0.0714. The van der Waals surface area contributed by atoms with Crippen LogP contribution in [-0.2, 0) is 5.41 Å². The van der Waals surface area contributed by atoms with Crippen LogP contribution in [0.3, 0.4) is 0 Å². The monoisotopic (exact) mass is 738 g/mol. The summed E-state index contributed by atoms with van der Waals surface area (Å²) in [6, 6.07) is 60.7. The minimum absolute atomic E-state index is 0.0425. The Morgan fingerprint density at radius 1 is 0.328 bits per heavy atom. The Labute approximate surface area is 336 Å². The summed E-state index contributed by atoms with van der Waals surface area (Å²) in [5.41, 5.74) is 10.5. The molecule has 58 heavy (non-hydrogen) atoms. The van der Waals surface area contributed by atoms with Crippen molar-refractivity contribution in [3.8, 4) is 44.8 Å². The van der Waals surface area contributed by atoms with Gasteiger partial charge in [0.1, 0.15) is 0 Å². The number of aromatic nitrogens is 2. The highest BCUT2D eigenvalue weighted by Crippen LogP contribution is 2.55. The normalized spacial score (nSPS) is 12.4. The quantitative estimate of drug-likeness (QED) is 0.168. The standard InChI is InChI=1S/C56H38N2/c1-56(2,3)38-23-24-39-42(31-38)40-19-14-20-41-52(40)43(39)32-46-50(33-15-6-4-7-16-33)54-44-29-35(47-21-10-12-25-57-47)27-37-28-36(48-22-11-13-26-58-48)30-45(49(37)44)55(54)51(53(41)46)34-17-8-5-9-18-34/h4-32H,1-3H3. The molecule has 0 saturated heterocycles. The third-order valence-electron chi connectivity index (χ3n) is 12.5. The molecule has 0 amide bonds. The Bertz CT molecular complexity index is 3540. The summed E-state index contributed by atoms with van der Waals surface area (Å²) in [7, 11) is 0. The first-order chi connectivity index (χ1) is 28.4. The summed E-state index contributed by atoms with van der Waals surface area (Å²) in [6.07, 6.45) is 3.79. The first kappa shape index (κ1) is 33.0. The molecule has 0 unspecified atom stereocenters. The first-order valence-electron chi connectivity index (χ1n) is 20.2. The lowest BCUT2D eigenvalue weighted by Crippen LogP contribution is -2.10. The predicted molar refractivity (Wildman–Crippen MR) is 247 cm³/mol. The van der Waals surface area contributed by atoms with Crippen LogP contribution in [-0.4, -0.2) is 9.97 Å². The van der Waals surface area contributed by atoms with Crippen LogP contribution in [0.25, 0.3) is 120 Å². The van der Waals surface area contributed by atoms with Crippen LogP contribution in [0.5, 0.6) is 0 Å². The van der Waals surface area contributed by atoms with Gasteiger partial charge < -0.3 is 0 Å². The van der Waals surface area contributed by atoms with Gasteiger partial charge in [-0.05, 0) is 169 Å². The van der Waals surface area contributed by atoms with E-state index in [-0.39, 0.29) is 5.41 Å². The number of rotatable bonds is 4. The van der Waals surface area contributed by atoms with E-state index in [9.17, 15) is 0 Å². The molecule has 0 aliphatic carbocycles. The van der Waals surface area contributed by atoms with Crippen molar-refractivity contribution in [1.82, 2.24) is 9.97 Å². The van der Waals surface area contributed by atoms with Crippen molar-refractivity contribution >= 4 is 75.4 Å². The van der Waals surface area contributed by atoms with E-state index in [4.69, 9.17) is 9.97 Å². The van der Waals surface area contributed by atoms with E-state index in [1.807, 2.05) is 24.5 Å². The van der Waals surface area contributed by atoms with E-state index in [0.29, 0.717) is 0 Å². The molecule has 0 atom stereocenters. The van der Waals surface area contributed by atoms with Gasteiger partial charge in [-0.3, -0.25) is 9.97 Å². The molecule has 0 aliphatic rings. The van der Waals surface area contributed by atoms with Gasteiger partial charge in [0, 0.05) is 23.5 Å². The third-order valence-corrected chi connectivity index (χ3v) is 12.5. The molecule has 0 saturated carbocycles. The maximum atomic E-state index is 4.88. The summed E-state index contributed by atoms with van der Waals surface area (Å²) in [5.74, 6) is 0. The van der Waals surface area contributed by atoms with Gasteiger partial charge in [-0.15, -0.1) is 0 Å². The summed E-state index contributed by atoms with van der Waals surface area (Å²) in [4.78, 5) is 9.75. The van der Waals surface area contributed by atoms with Crippen LogP contribution < -0.4 is 0 Å². The average molecular weight is 739 g/mol. The predicted octanol–water partition coefficient (Wildman–Crippen LogP) is 15.4. The van der Waals surface area contributed by atoms with Gasteiger partial charge >= 0.3 is 0 Å². The second kappa shape index (κ2) is 12.2. The molecule has 0 fully saturated rings. The highest BCUT2D eigenvalue weighted by molar-refractivity contribution is 6.45. The molecule has 0 spiro atoms. The maximum Gasteiger partial charge on any atom is 0.0702 e. The highest BCUT2D eigenvalue weighted by atomic mass is 14.7. The minimum atomic E-state index is 0.0425. The van der Waals surface area contributed by atoms with E-state index in [0.717, 1.165) is 22.5 Å². The van der Waals surface area contributed by atoms with E-state index < -0.39 is 0 Å². The number of hydrogen-bond donors (Lipinski definition) is 0. The van der Waals surface area contributed by atoms with E-state index in [1.165, 1.54) is 103 Å². The number of nitrogens with zero attached hydrogens (tertiary/aromatic N) is 2. The molecular formula is C56H38N2. The molecule has 0 radical (unpaired) electrons. The third kappa shape index (κ3) is 4.72. The Morgan fingerprint density at radius 2 is 0.914 bits per heavy atom. The van der Waals surface area contributed by atoms with Crippen molar-refractivity contribution in [3.05, 3.63) is 182 Å². The lowest BCUT2D eigenvalue weighted by molar-refractivity contribution is 0.591. The molecule has 12 aromatic rings. The van der Waals surface area contributed by atoms with E-state index in [2.05, 4.69) is 172 Å². The molecule has 0 aliphatic heterocycles. The van der Waals surface area contributed by atoms with Gasteiger partial charge in [-0.25, -0.2) is 0 Å².